The Morgan fingerprint density at radius 1 is 1.50 bits per heavy atom. The number of nitrogens with one attached hydrogen (secondary N) is 1. The molecule has 0 aromatic carbocycles. The van der Waals surface area contributed by atoms with Crippen LogP contribution in [0.2, 0.25) is 0 Å². The van der Waals surface area contributed by atoms with Crippen LogP contribution in [0, 0.1) is 5.92 Å². The van der Waals surface area contributed by atoms with Gasteiger partial charge in [-0.1, -0.05) is 0 Å². The van der Waals surface area contributed by atoms with E-state index in [4.69, 9.17) is 10.5 Å². The van der Waals surface area contributed by atoms with Gasteiger partial charge in [0.05, 0.1) is 12.1 Å². The summed E-state index contributed by atoms with van der Waals surface area (Å²) >= 11 is 0. The summed E-state index contributed by atoms with van der Waals surface area (Å²) in [5.74, 6) is 0.312. The summed E-state index contributed by atoms with van der Waals surface area (Å²) in [5, 5.41) is 3.03. The fourth-order valence-corrected chi connectivity index (χ4v) is 2.10. The smallest absolute Gasteiger partial charge is 0.223 e. The van der Waals surface area contributed by atoms with Crippen molar-refractivity contribution >= 4 is 5.91 Å². The van der Waals surface area contributed by atoms with Crippen LogP contribution < -0.4 is 11.1 Å². The van der Waals surface area contributed by atoms with Gasteiger partial charge in [-0.25, -0.2) is 0 Å². The Hall–Kier alpha value is -0.610. The van der Waals surface area contributed by atoms with Crippen LogP contribution >= 0.6 is 0 Å². The number of carbonyl (C=O) groups excluding carboxylic acids is 1. The second-order valence-electron chi connectivity index (χ2n) is 4.41. The number of carbonyl (C=O) groups is 1. The molecule has 80 valence electrons. The molecule has 0 aromatic rings. The van der Waals surface area contributed by atoms with Gasteiger partial charge in [-0.15, -0.1) is 0 Å². The van der Waals surface area contributed by atoms with Crippen LogP contribution in [0.5, 0.6) is 0 Å². The van der Waals surface area contributed by atoms with Crippen molar-refractivity contribution in [1.82, 2.24) is 5.32 Å². The van der Waals surface area contributed by atoms with Crippen LogP contribution in [0.15, 0.2) is 0 Å². The van der Waals surface area contributed by atoms with E-state index >= 15 is 0 Å². The Morgan fingerprint density at radius 2 is 2.21 bits per heavy atom. The molecule has 4 heteroatoms. The zero-order valence-corrected chi connectivity index (χ0v) is 8.53. The zero-order valence-electron chi connectivity index (χ0n) is 8.53. The van der Waals surface area contributed by atoms with Crippen LogP contribution in [0.3, 0.4) is 0 Å². The van der Waals surface area contributed by atoms with Gasteiger partial charge in [-0.05, 0) is 26.2 Å². The molecule has 1 saturated heterocycles. The lowest BCUT2D eigenvalue weighted by Gasteiger charge is -2.32. The third-order valence-corrected chi connectivity index (χ3v) is 3.25. The van der Waals surface area contributed by atoms with Gasteiger partial charge in [-0.2, -0.15) is 0 Å². The van der Waals surface area contributed by atoms with Crippen molar-refractivity contribution < 1.29 is 9.53 Å². The van der Waals surface area contributed by atoms with Gasteiger partial charge in [0.1, 0.15) is 0 Å². The first kappa shape index (κ1) is 9.93. The van der Waals surface area contributed by atoms with Gasteiger partial charge in [0.25, 0.3) is 0 Å². The SMILES string of the molecule is CC1OCCC1NC(=O)C1CC(N)C1. The van der Waals surface area contributed by atoms with E-state index in [1.165, 1.54) is 0 Å². The van der Waals surface area contributed by atoms with E-state index in [1.54, 1.807) is 0 Å². The normalized spacial score (nSPS) is 41.9. The van der Waals surface area contributed by atoms with Crippen LogP contribution in [0.25, 0.3) is 0 Å². The highest BCUT2D eigenvalue weighted by atomic mass is 16.5. The molecule has 2 atom stereocenters. The van der Waals surface area contributed by atoms with E-state index in [2.05, 4.69) is 5.32 Å². The first-order chi connectivity index (χ1) is 6.66. The van der Waals surface area contributed by atoms with Gasteiger partial charge in [0, 0.05) is 18.6 Å². The molecule has 1 saturated carbocycles. The maximum absolute atomic E-state index is 11.7. The molecular weight excluding hydrogens is 180 g/mol. The average Bonchev–Trinajstić information content (AvgIpc) is 2.46. The Bertz CT molecular complexity index is 226. The fourth-order valence-electron chi connectivity index (χ4n) is 2.10. The van der Waals surface area contributed by atoms with Gasteiger partial charge in [-0.3, -0.25) is 4.79 Å². The summed E-state index contributed by atoms with van der Waals surface area (Å²) in [6.45, 7) is 2.76. The monoisotopic (exact) mass is 198 g/mol. The van der Waals surface area contributed by atoms with Crippen molar-refractivity contribution in [3.05, 3.63) is 0 Å². The van der Waals surface area contributed by atoms with Crippen molar-refractivity contribution in [2.45, 2.75) is 44.4 Å². The van der Waals surface area contributed by atoms with Gasteiger partial charge in [0.2, 0.25) is 5.91 Å². The predicted molar refractivity (Wildman–Crippen MR) is 52.7 cm³/mol. The molecule has 1 heterocycles. The molecule has 0 bridgehead atoms. The van der Waals surface area contributed by atoms with E-state index in [0.717, 1.165) is 25.9 Å². The Labute approximate surface area is 84.2 Å². The number of amides is 1. The number of nitrogens with two attached hydrogens (primary N) is 1. The van der Waals surface area contributed by atoms with E-state index in [0.29, 0.717) is 0 Å². The molecule has 3 N–H and O–H groups in total. The molecule has 0 radical (unpaired) electrons. The first-order valence-corrected chi connectivity index (χ1v) is 5.34. The van der Waals surface area contributed by atoms with Crippen molar-refractivity contribution in [2.75, 3.05) is 6.61 Å². The highest BCUT2D eigenvalue weighted by Crippen LogP contribution is 2.26. The summed E-state index contributed by atoms with van der Waals surface area (Å²) in [6, 6.07) is 0.447. The van der Waals surface area contributed by atoms with Crippen LogP contribution in [0.1, 0.15) is 26.2 Å². The minimum Gasteiger partial charge on any atom is -0.376 e. The summed E-state index contributed by atoms with van der Waals surface area (Å²) in [7, 11) is 0. The van der Waals surface area contributed by atoms with E-state index in [1.807, 2.05) is 6.92 Å². The number of rotatable bonds is 2. The lowest BCUT2D eigenvalue weighted by atomic mass is 9.80. The third-order valence-electron chi connectivity index (χ3n) is 3.25. The molecule has 1 aliphatic heterocycles. The quantitative estimate of drug-likeness (QED) is 0.657. The molecule has 0 aromatic heterocycles. The lowest BCUT2D eigenvalue weighted by Crippen LogP contribution is -2.49. The van der Waals surface area contributed by atoms with Crippen LogP contribution in [-0.4, -0.2) is 30.7 Å². The summed E-state index contributed by atoms with van der Waals surface area (Å²) < 4.78 is 5.38. The third kappa shape index (κ3) is 1.91. The second kappa shape index (κ2) is 3.87. The maximum atomic E-state index is 11.7. The number of hydrogen-bond donors (Lipinski definition) is 2. The summed E-state index contributed by atoms with van der Waals surface area (Å²) in [4.78, 5) is 11.7. The predicted octanol–water partition coefficient (Wildman–Crippen LogP) is 0.0173. The highest BCUT2D eigenvalue weighted by molar-refractivity contribution is 5.80. The fraction of sp³-hybridized carbons (Fsp3) is 0.900. The summed E-state index contributed by atoms with van der Waals surface area (Å²) in [6.07, 6.45) is 2.78. The Morgan fingerprint density at radius 3 is 2.71 bits per heavy atom. The van der Waals surface area contributed by atoms with Crippen molar-refractivity contribution in [1.29, 1.82) is 0 Å². The lowest BCUT2D eigenvalue weighted by molar-refractivity contribution is -0.129. The van der Waals surface area contributed by atoms with Crippen molar-refractivity contribution in [3.63, 3.8) is 0 Å². The summed E-state index contributed by atoms with van der Waals surface area (Å²) in [5.41, 5.74) is 5.64. The van der Waals surface area contributed by atoms with Crippen LogP contribution in [-0.2, 0) is 9.53 Å². The molecule has 14 heavy (non-hydrogen) atoms. The Balaban J connectivity index is 1.77. The largest absolute Gasteiger partial charge is 0.376 e. The molecule has 2 rings (SSSR count). The van der Waals surface area contributed by atoms with Gasteiger partial charge < -0.3 is 15.8 Å². The minimum atomic E-state index is 0.151. The molecule has 2 unspecified atom stereocenters. The van der Waals surface area contributed by atoms with Crippen LogP contribution in [0.4, 0.5) is 0 Å². The highest BCUT2D eigenvalue weighted by Gasteiger charge is 2.34. The first-order valence-electron chi connectivity index (χ1n) is 5.34. The molecule has 1 aliphatic carbocycles. The Kier molecular flexibility index (Phi) is 2.74. The maximum Gasteiger partial charge on any atom is 0.223 e. The second-order valence-corrected chi connectivity index (χ2v) is 4.41. The number of ether oxygens (including phenoxy) is 1. The van der Waals surface area contributed by atoms with E-state index in [9.17, 15) is 4.79 Å². The topological polar surface area (TPSA) is 64.3 Å². The molecular formula is C10H18N2O2. The van der Waals surface area contributed by atoms with Crippen molar-refractivity contribution in [3.8, 4) is 0 Å². The van der Waals surface area contributed by atoms with Gasteiger partial charge in [0.15, 0.2) is 0 Å². The minimum absolute atomic E-state index is 0.151. The van der Waals surface area contributed by atoms with E-state index in [-0.39, 0.29) is 30.0 Å². The standard InChI is InChI=1S/C10H18N2O2/c1-6-9(2-3-14-6)12-10(13)7-4-8(11)5-7/h6-9H,2-5,11H2,1H3,(H,12,13). The van der Waals surface area contributed by atoms with Gasteiger partial charge >= 0.3 is 0 Å². The van der Waals surface area contributed by atoms with Crippen molar-refractivity contribution in [2.24, 2.45) is 11.7 Å². The average molecular weight is 198 g/mol. The molecule has 4 nitrogen and oxygen atoms in total. The molecule has 1 amide bonds. The zero-order chi connectivity index (χ0) is 10.1. The van der Waals surface area contributed by atoms with E-state index < -0.39 is 0 Å². The number of hydrogen-bond acceptors (Lipinski definition) is 3. The molecule has 2 aliphatic rings. The molecule has 0 spiro atoms. The molecule has 2 fully saturated rings.